The molecule has 1 aliphatic carbocycles. The Morgan fingerprint density at radius 1 is 1.22 bits per heavy atom. The molecule has 3 aliphatic rings. The molecule has 50 valence electrons. The second-order valence-electron chi connectivity index (χ2n) is 3.60. The van der Waals surface area contributed by atoms with Crippen LogP contribution in [0.25, 0.3) is 0 Å². The first kappa shape index (κ1) is 4.69. The molecule has 2 saturated heterocycles. The van der Waals surface area contributed by atoms with E-state index in [0.717, 1.165) is 18.3 Å². The van der Waals surface area contributed by atoms with Gasteiger partial charge < -0.3 is 10.5 Å². The van der Waals surface area contributed by atoms with Gasteiger partial charge in [0.2, 0.25) is 0 Å². The molecule has 0 aromatic carbocycles. The maximum Gasteiger partial charge on any atom is 0.0762 e. The summed E-state index contributed by atoms with van der Waals surface area (Å²) in [5.41, 5.74) is 5.81. The lowest BCUT2D eigenvalue weighted by Crippen LogP contribution is -2.32. The van der Waals surface area contributed by atoms with Gasteiger partial charge in [-0.15, -0.1) is 0 Å². The molecular weight excluding hydrogens is 114 g/mol. The van der Waals surface area contributed by atoms with E-state index in [9.17, 15) is 0 Å². The maximum absolute atomic E-state index is 5.81. The molecule has 9 heavy (non-hydrogen) atoms. The van der Waals surface area contributed by atoms with Crippen LogP contribution in [0.15, 0.2) is 0 Å². The summed E-state index contributed by atoms with van der Waals surface area (Å²) in [6.45, 7) is 0. The Balaban J connectivity index is 1.96. The van der Waals surface area contributed by atoms with Gasteiger partial charge in [-0.2, -0.15) is 0 Å². The van der Waals surface area contributed by atoms with Gasteiger partial charge in [0, 0.05) is 6.04 Å². The second kappa shape index (κ2) is 1.18. The highest BCUT2D eigenvalue weighted by atomic mass is 16.5. The average molecular weight is 125 g/mol. The zero-order chi connectivity index (χ0) is 6.01. The topological polar surface area (TPSA) is 35.2 Å². The Kier molecular flexibility index (Phi) is 0.616. The van der Waals surface area contributed by atoms with E-state index in [2.05, 4.69) is 0 Å². The van der Waals surface area contributed by atoms with Crippen molar-refractivity contribution >= 4 is 0 Å². The summed E-state index contributed by atoms with van der Waals surface area (Å²) < 4.78 is 5.62. The molecule has 0 aromatic heterocycles. The highest BCUT2D eigenvalue weighted by Crippen LogP contribution is 2.58. The third kappa shape index (κ3) is 0.413. The van der Waals surface area contributed by atoms with E-state index in [0.29, 0.717) is 18.2 Å². The lowest BCUT2D eigenvalue weighted by Gasteiger charge is -2.11. The number of ether oxygens (including phenoxy) is 1. The number of hydrogen-bond donors (Lipinski definition) is 1. The van der Waals surface area contributed by atoms with E-state index in [1.54, 1.807) is 0 Å². The van der Waals surface area contributed by atoms with Crippen molar-refractivity contribution in [2.45, 2.75) is 31.1 Å². The molecule has 0 spiro atoms. The van der Waals surface area contributed by atoms with Gasteiger partial charge in [0.25, 0.3) is 0 Å². The van der Waals surface area contributed by atoms with E-state index in [1.165, 1.54) is 6.42 Å². The van der Waals surface area contributed by atoms with Crippen molar-refractivity contribution in [1.29, 1.82) is 0 Å². The summed E-state index contributed by atoms with van der Waals surface area (Å²) in [5.74, 6) is 1.80. The normalized spacial score (nSPS) is 68.3. The van der Waals surface area contributed by atoms with Crippen molar-refractivity contribution in [3.63, 3.8) is 0 Å². The molecule has 2 heterocycles. The molecular formula is C7H11NO. The minimum absolute atomic E-state index is 0.374. The summed E-state index contributed by atoms with van der Waals surface area (Å²) in [6, 6.07) is 0.374. The number of hydrogen-bond acceptors (Lipinski definition) is 2. The van der Waals surface area contributed by atoms with Gasteiger partial charge in [-0.1, -0.05) is 0 Å². The zero-order valence-electron chi connectivity index (χ0n) is 5.29. The molecule has 2 nitrogen and oxygen atoms in total. The highest BCUT2D eigenvalue weighted by molar-refractivity contribution is 5.11. The van der Waals surface area contributed by atoms with Gasteiger partial charge in [0.1, 0.15) is 0 Å². The lowest BCUT2D eigenvalue weighted by molar-refractivity contribution is 0.0690. The van der Waals surface area contributed by atoms with E-state index in [1.807, 2.05) is 0 Å². The third-order valence-corrected chi connectivity index (χ3v) is 3.05. The van der Waals surface area contributed by atoms with Crippen LogP contribution in [0.1, 0.15) is 12.8 Å². The van der Waals surface area contributed by atoms with Crippen molar-refractivity contribution in [1.82, 2.24) is 0 Å². The number of fused-ring (bicyclic) bond motifs is 5. The number of nitrogens with two attached hydrogens (primary N) is 1. The van der Waals surface area contributed by atoms with E-state index >= 15 is 0 Å². The fraction of sp³-hybridized carbons (Fsp3) is 1.00. The Bertz CT molecular complexity index is 155. The van der Waals surface area contributed by atoms with Crippen LogP contribution in [0.2, 0.25) is 0 Å². The first-order chi connectivity index (χ1) is 4.36. The minimum atomic E-state index is 0.374. The van der Waals surface area contributed by atoms with Crippen LogP contribution in [0, 0.1) is 11.8 Å². The van der Waals surface area contributed by atoms with E-state index in [-0.39, 0.29) is 0 Å². The molecule has 5 atom stereocenters. The van der Waals surface area contributed by atoms with Gasteiger partial charge >= 0.3 is 0 Å². The quantitative estimate of drug-likeness (QED) is 0.499. The SMILES string of the molecule is N[C@H]1C[C@@H]2O[C@H]1[C@H]1C[C@H]12. The zero-order valence-corrected chi connectivity index (χ0v) is 5.29. The summed E-state index contributed by atoms with van der Waals surface area (Å²) >= 11 is 0. The molecule has 0 unspecified atom stereocenters. The smallest absolute Gasteiger partial charge is 0.0762 e. The Labute approximate surface area is 54.4 Å². The molecule has 2 bridgehead atoms. The molecule has 0 amide bonds. The van der Waals surface area contributed by atoms with Crippen LogP contribution in [-0.2, 0) is 4.74 Å². The molecule has 2 N–H and O–H groups in total. The standard InChI is InChI=1S/C7H11NO/c8-5-2-6-3-1-4(3)7(5)9-6/h3-7H,1-2,8H2/t3-,4+,5+,6+,7+/m1/s1. The summed E-state index contributed by atoms with van der Waals surface area (Å²) in [5, 5.41) is 0. The fourth-order valence-corrected chi connectivity index (χ4v) is 2.50. The predicted molar refractivity (Wildman–Crippen MR) is 32.9 cm³/mol. The average Bonchev–Trinajstić information content (AvgIpc) is 2.46. The van der Waals surface area contributed by atoms with Crippen LogP contribution in [0.3, 0.4) is 0 Å². The van der Waals surface area contributed by atoms with Crippen molar-refractivity contribution in [2.24, 2.45) is 17.6 Å². The first-order valence-electron chi connectivity index (χ1n) is 3.77. The Morgan fingerprint density at radius 2 is 2.11 bits per heavy atom. The van der Waals surface area contributed by atoms with Gasteiger partial charge in [0.15, 0.2) is 0 Å². The minimum Gasteiger partial charge on any atom is -0.373 e. The lowest BCUT2D eigenvalue weighted by atomic mass is 9.97. The third-order valence-electron chi connectivity index (χ3n) is 3.05. The molecule has 2 aliphatic heterocycles. The monoisotopic (exact) mass is 125 g/mol. The Hall–Kier alpha value is -0.0800. The molecule has 0 aromatic rings. The van der Waals surface area contributed by atoms with Gasteiger partial charge in [-0.25, -0.2) is 0 Å². The first-order valence-corrected chi connectivity index (χ1v) is 3.77. The van der Waals surface area contributed by atoms with Gasteiger partial charge in [0.05, 0.1) is 12.2 Å². The van der Waals surface area contributed by atoms with E-state index in [4.69, 9.17) is 10.5 Å². The van der Waals surface area contributed by atoms with Crippen molar-refractivity contribution in [3.8, 4) is 0 Å². The molecule has 2 heteroatoms. The van der Waals surface area contributed by atoms with Crippen molar-refractivity contribution in [2.75, 3.05) is 0 Å². The second-order valence-corrected chi connectivity index (χ2v) is 3.60. The summed E-state index contributed by atoms with van der Waals surface area (Å²) in [7, 11) is 0. The summed E-state index contributed by atoms with van der Waals surface area (Å²) in [6.07, 6.45) is 3.56. The van der Waals surface area contributed by atoms with Crippen LogP contribution >= 0.6 is 0 Å². The van der Waals surface area contributed by atoms with E-state index < -0.39 is 0 Å². The van der Waals surface area contributed by atoms with Gasteiger partial charge in [-0.3, -0.25) is 0 Å². The van der Waals surface area contributed by atoms with Crippen LogP contribution < -0.4 is 5.73 Å². The fourth-order valence-electron chi connectivity index (χ4n) is 2.50. The van der Waals surface area contributed by atoms with Crippen LogP contribution in [0.5, 0.6) is 0 Å². The highest BCUT2D eigenvalue weighted by Gasteiger charge is 2.61. The van der Waals surface area contributed by atoms with Crippen molar-refractivity contribution < 1.29 is 4.74 Å². The molecule has 1 saturated carbocycles. The summed E-state index contributed by atoms with van der Waals surface area (Å²) in [4.78, 5) is 0. The number of rotatable bonds is 0. The predicted octanol–water partition coefficient (Wildman–Crippen LogP) is 0.121. The molecule has 3 rings (SSSR count). The van der Waals surface area contributed by atoms with Crippen molar-refractivity contribution in [3.05, 3.63) is 0 Å². The van der Waals surface area contributed by atoms with Crippen LogP contribution in [-0.4, -0.2) is 18.2 Å². The maximum atomic E-state index is 5.81. The van der Waals surface area contributed by atoms with Gasteiger partial charge in [-0.05, 0) is 24.7 Å². The Morgan fingerprint density at radius 3 is 2.67 bits per heavy atom. The molecule has 3 fully saturated rings. The van der Waals surface area contributed by atoms with Crippen LogP contribution in [0.4, 0.5) is 0 Å². The largest absolute Gasteiger partial charge is 0.373 e. The molecule has 0 radical (unpaired) electrons.